The number of pyridine rings is 1. The molecule has 0 aliphatic carbocycles. The molecule has 6 heteroatoms. The van der Waals surface area contributed by atoms with Crippen molar-refractivity contribution in [2.45, 2.75) is 12.5 Å². The third kappa shape index (κ3) is 4.76. The molecule has 0 spiro atoms. The van der Waals surface area contributed by atoms with Crippen LogP contribution in [0.25, 0.3) is 0 Å². The zero-order chi connectivity index (χ0) is 15.9. The van der Waals surface area contributed by atoms with Crippen molar-refractivity contribution < 1.29 is 14.6 Å². The zero-order valence-corrected chi connectivity index (χ0v) is 13.3. The van der Waals surface area contributed by atoms with Crippen LogP contribution in [0.5, 0.6) is 0 Å². The molecular weight excluding hydrogens is 282 g/mol. The van der Waals surface area contributed by atoms with Crippen LogP contribution in [0.15, 0.2) is 24.5 Å². The molecule has 122 valence electrons. The number of amides is 1. The van der Waals surface area contributed by atoms with Crippen LogP contribution in [-0.2, 0) is 16.0 Å². The maximum absolute atomic E-state index is 12.3. The van der Waals surface area contributed by atoms with E-state index in [1.807, 2.05) is 24.1 Å². The van der Waals surface area contributed by atoms with E-state index in [2.05, 4.69) is 4.98 Å². The van der Waals surface area contributed by atoms with E-state index in [0.717, 1.165) is 18.5 Å². The lowest BCUT2D eigenvalue weighted by molar-refractivity contribution is -0.131. The van der Waals surface area contributed by atoms with Gasteiger partial charge >= 0.3 is 0 Å². The highest BCUT2D eigenvalue weighted by molar-refractivity contribution is 5.78. The number of methoxy groups -OCH3 is 1. The SMILES string of the molecule is COCCN(C)CC(=O)N1C[C@@H](Cc2ccncc2)[C@H](O)C1. The van der Waals surface area contributed by atoms with Crippen LogP contribution in [0.3, 0.4) is 0 Å². The molecule has 22 heavy (non-hydrogen) atoms. The number of rotatable bonds is 7. The fourth-order valence-electron chi connectivity index (χ4n) is 2.74. The van der Waals surface area contributed by atoms with Gasteiger partial charge in [-0.1, -0.05) is 0 Å². The molecule has 0 radical (unpaired) electrons. The van der Waals surface area contributed by atoms with Crippen molar-refractivity contribution in [2.75, 3.05) is 46.9 Å². The maximum atomic E-state index is 12.3. The van der Waals surface area contributed by atoms with Gasteiger partial charge in [0, 0.05) is 45.1 Å². The molecule has 2 heterocycles. The van der Waals surface area contributed by atoms with Crippen molar-refractivity contribution in [1.82, 2.24) is 14.8 Å². The number of hydrogen-bond acceptors (Lipinski definition) is 5. The Kier molecular flexibility index (Phi) is 6.30. The van der Waals surface area contributed by atoms with E-state index >= 15 is 0 Å². The van der Waals surface area contributed by atoms with Crippen molar-refractivity contribution in [3.05, 3.63) is 30.1 Å². The first-order valence-corrected chi connectivity index (χ1v) is 7.62. The Bertz CT molecular complexity index is 469. The predicted molar refractivity (Wildman–Crippen MR) is 83.4 cm³/mol. The highest BCUT2D eigenvalue weighted by atomic mass is 16.5. The molecule has 1 N–H and O–H groups in total. The zero-order valence-electron chi connectivity index (χ0n) is 13.3. The summed E-state index contributed by atoms with van der Waals surface area (Å²) in [5, 5.41) is 10.2. The van der Waals surface area contributed by atoms with Crippen LogP contribution in [0.2, 0.25) is 0 Å². The van der Waals surface area contributed by atoms with E-state index < -0.39 is 6.10 Å². The number of hydrogen-bond donors (Lipinski definition) is 1. The summed E-state index contributed by atoms with van der Waals surface area (Å²) in [6.07, 6.45) is 3.82. The summed E-state index contributed by atoms with van der Waals surface area (Å²) in [5.41, 5.74) is 1.14. The summed E-state index contributed by atoms with van der Waals surface area (Å²) < 4.78 is 5.01. The van der Waals surface area contributed by atoms with Gasteiger partial charge in [-0.25, -0.2) is 0 Å². The average molecular weight is 307 g/mol. The Balaban J connectivity index is 1.83. The Labute approximate surface area is 131 Å². The lowest BCUT2D eigenvalue weighted by Crippen LogP contribution is -2.39. The highest BCUT2D eigenvalue weighted by Crippen LogP contribution is 2.21. The lowest BCUT2D eigenvalue weighted by atomic mass is 9.97. The summed E-state index contributed by atoms with van der Waals surface area (Å²) in [5.74, 6) is 0.158. The summed E-state index contributed by atoms with van der Waals surface area (Å²) in [6.45, 7) is 2.72. The van der Waals surface area contributed by atoms with Crippen molar-refractivity contribution in [3.63, 3.8) is 0 Å². The largest absolute Gasteiger partial charge is 0.391 e. The molecule has 2 atom stereocenters. The fraction of sp³-hybridized carbons (Fsp3) is 0.625. The number of aromatic nitrogens is 1. The van der Waals surface area contributed by atoms with Gasteiger partial charge in [-0.3, -0.25) is 14.7 Å². The van der Waals surface area contributed by atoms with E-state index in [0.29, 0.717) is 26.2 Å². The van der Waals surface area contributed by atoms with E-state index in [4.69, 9.17) is 4.74 Å². The third-order valence-electron chi connectivity index (χ3n) is 4.09. The van der Waals surface area contributed by atoms with Gasteiger partial charge in [-0.15, -0.1) is 0 Å². The van der Waals surface area contributed by atoms with Crippen LogP contribution in [0, 0.1) is 5.92 Å². The number of likely N-dealkylation sites (N-methyl/N-ethyl adjacent to an activating group) is 1. The number of nitrogens with zero attached hydrogens (tertiary/aromatic N) is 3. The molecule has 6 nitrogen and oxygen atoms in total. The number of β-amino-alcohol motifs (C(OH)–C–C–N with tert-alkyl or cyclic N) is 1. The standard InChI is InChI=1S/C16H25N3O3/c1-18(7-8-22-2)12-16(21)19-10-14(15(20)11-19)9-13-3-5-17-6-4-13/h3-6,14-15,20H,7-12H2,1-2H3/t14-,15-/m1/s1. The van der Waals surface area contributed by atoms with Crippen LogP contribution in [0.1, 0.15) is 5.56 Å². The van der Waals surface area contributed by atoms with Crippen molar-refractivity contribution >= 4 is 5.91 Å². The van der Waals surface area contributed by atoms with Crippen molar-refractivity contribution in [2.24, 2.45) is 5.92 Å². The minimum atomic E-state index is -0.457. The van der Waals surface area contributed by atoms with Crippen molar-refractivity contribution in [3.8, 4) is 0 Å². The van der Waals surface area contributed by atoms with Crippen LogP contribution in [0.4, 0.5) is 0 Å². The second kappa shape index (κ2) is 8.22. The summed E-state index contributed by atoms with van der Waals surface area (Å²) in [6, 6.07) is 3.91. The van der Waals surface area contributed by atoms with E-state index in [1.165, 1.54) is 0 Å². The van der Waals surface area contributed by atoms with Crippen LogP contribution in [-0.4, -0.2) is 78.8 Å². The molecule has 1 amide bonds. The second-order valence-electron chi connectivity index (χ2n) is 5.92. The number of carbonyl (C=O) groups is 1. The number of ether oxygens (including phenoxy) is 1. The predicted octanol–water partition coefficient (Wildman–Crippen LogP) is 0.0216. The van der Waals surface area contributed by atoms with Crippen LogP contribution < -0.4 is 0 Å². The van der Waals surface area contributed by atoms with Gasteiger partial charge in [0.05, 0.1) is 19.3 Å². The molecule has 0 saturated carbocycles. The Morgan fingerprint density at radius 2 is 2.18 bits per heavy atom. The van der Waals surface area contributed by atoms with Gasteiger partial charge < -0.3 is 14.7 Å². The first kappa shape index (κ1) is 16.9. The Morgan fingerprint density at radius 1 is 1.45 bits per heavy atom. The monoisotopic (exact) mass is 307 g/mol. The van der Waals surface area contributed by atoms with E-state index in [-0.39, 0.29) is 11.8 Å². The first-order chi connectivity index (χ1) is 10.6. The Hall–Kier alpha value is -1.50. The van der Waals surface area contributed by atoms with Gasteiger partial charge in [0.25, 0.3) is 0 Å². The van der Waals surface area contributed by atoms with Gasteiger partial charge in [0.2, 0.25) is 5.91 Å². The highest BCUT2D eigenvalue weighted by Gasteiger charge is 2.33. The smallest absolute Gasteiger partial charge is 0.236 e. The molecule has 1 aliphatic rings. The van der Waals surface area contributed by atoms with Gasteiger partial charge in [0.15, 0.2) is 0 Å². The molecule has 1 aromatic heterocycles. The topological polar surface area (TPSA) is 65.9 Å². The molecule has 0 aromatic carbocycles. The van der Waals surface area contributed by atoms with E-state index in [9.17, 15) is 9.90 Å². The molecule has 1 fully saturated rings. The average Bonchev–Trinajstić information content (AvgIpc) is 2.87. The van der Waals surface area contributed by atoms with Gasteiger partial charge in [-0.05, 0) is 31.2 Å². The molecule has 1 aliphatic heterocycles. The van der Waals surface area contributed by atoms with Crippen LogP contribution >= 0.6 is 0 Å². The molecular formula is C16H25N3O3. The summed E-state index contributed by atoms with van der Waals surface area (Å²) in [4.78, 5) is 20.0. The molecule has 1 saturated heterocycles. The maximum Gasteiger partial charge on any atom is 0.236 e. The number of aliphatic hydroxyl groups is 1. The number of aliphatic hydroxyl groups excluding tert-OH is 1. The van der Waals surface area contributed by atoms with Gasteiger partial charge in [0.1, 0.15) is 0 Å². The minimum Gasteiger partial charge on any atom is -0.391 e. The van der Waals surface area contributed by atoms with E-state index in [1.54, 1.807) is 24.4 Å². The third-order valence-corrected chi connectivity index (χ3v) is 4.09. The lowest BCUT2D eigenvalue weighted by Gasteiger charge is -2.21. The summed E-state index contributed by atoms with van der Waals surface area (Å²) >= 11 is 0. The molecule has 0 bridgehead atoms. The van der Waals surface area contributed by atoms with Crippen molar-refractivity contribution in [1.29, 1.82) is 0 Å². The Morgan fingerprint density at radius 3 is 2.86 bits per heavy atom. The van der Waals surface area contributed by atoms with Gasteiger partial charge in [-0.2, -0.15) is 0 Å². The second-order valence-corrected chi connectivity index (χ2v) is 5.92. The minimum absolute atomic E-state index is 0.0647. The molecule has 1 aromatic rings. The number of likely N-dealkylation sites (tertiary alicyclic amines) is 1. The fourth-order valence-corrected chi connectivity index (χ4v) is 2.74. The molecule has 0 unspecified atom stereocenters. The first-order valence-electron chi connectivity index (χ1n) is 7.62. The summed E-state index contributed by atoms with van der Waals surface area (Å²) in [7, 11) is 3.55. The quantitative estimate of drug-likeness (QED) is 0.769. The number of carbonyl (C=O) groups excluding carboxylic acids is 1. The normalized spacial score (nSPS) is 21.5. The molecule has 2 rings (SSSR count).